The van der Waals surface area contributed by atoms with Gasteiger partial charge in [0.2, 0.25) is 5.91 Å². The SMILES string of the molecule is CC(C)CC1(C(=O)NC2CCCCC2CN)CCCC1. The molecule has 2 fully saturated rings. The van der Waals surface area contributed by atoms with Crippen molar-refractivity contribution in [3.63, 3.8) is 0 Å². The first-order valence-electron chi connectivity index (χ1n) is 8.58. The summed E-state index contributed by atoms with van der Waals surface area (Å²) in [4.78, 5) is 12.9. The molecule has 2 atom stereocenters. The minimum absolute atomic E-state index is 0.0786. The lowest BCUT2D eigenvalue weighted by Crippen LogP contribution is -2.50. The molecule has 0 bridgehead atoms. The molecule has 3 nitrogen and oxygen atoms in total. The van der Waals surface area contributed by atoms with E-state index >= 15 is 0 Å². The molecule has 0 heterocycles. The monoisotopic (exact) mass is 280 g/mol. The van der Waals surface area contributed by atoms with Gasteiger partial charge < -0.3 is 11.1 Å². The summed E-state index contributed by atoms with van der Waals surface area (Å²) in [6.45, 7) is 5.18. The largest absolute Gasteiger partial charge is 0.353 e. The van der Waals surface area contributed by atoms with E-state index in [1.807, 2.05) is 0 Å². The van der Waals surface area contributed by atoms with Crippen molar-refractivity contribution in [2.75, 3.05) is 6.54 Å². The highest BCUT2D eigenvalue weighted by molar-refractivity contribution is 5.83. The average Bonchev–Trinajstić information content (AvgIpc) is 2.88. The Morgan fingerprint density at radius 3 is 2.45 bits per heavy atom. The molecule has 0 aromatic carbocycles. The van der Waals surface area contributed by atoms with Crippen molar-refractivity contribution >= 4 is 5.91 Å². The van der Waals surface area contributed by atoms with Gasteiger partial charge in [-0.3, -0.25) is 4.79 Å². The van der Waals surface area contributed by atoms with Crippen molar-refractivity contribution in [3.05, 3.63) is 0 Å². The summed E-state index contributed by atoms with van der Waals surface area (Å²) < 4.78 is 0. The van der Waals surface area contributed by atoms with E-state index < -0.39 is 0 Å². The molecule has 3 heteroatoms. The third kappa shape index (κ3) is 3.55. The van der Waals surface area contributed by atoms with Crippen molar-refractivity contribution in [1.29, 1.82) is 0 Å². The van der Waals surface area contributed by atoms with E-state index in [0.29, 0.717) is 30.3 Å². The molecule has 0 spiro atoms. The van der Waals surface area contributed by atoms with E-state index in [-0.39, 0.29) is 5.41 Å². The van der Waals surface area contributed by atoms with Gasteiger partial charge in [-0.1, -0.05) is 39.5 Å². The third-order valence-electron chi connectivity index (χ3n) is 5.37. The fourth-order valence-corrected chi connectivity index (χ4v) is 4.36. The van der Waals surface area contributed by atoms with E-state index in [0.717, 1.165) is 25.7 Å². The van der Waals surface area contributed by atoms with E-state index in [1.54, 1.807) is 0 Å². The van der Waals surface area contributed by atoms with Gasteiger partial charge in [0.25, 0.3) is 0 Å². The number of hydrogen-bond donors (Lipinski definition) is 2. The maximum absolute atomic E-state index is 12.9. The van der Waals surface area contributed by atoms with Crippen LogP contribution in [0.25, 0.3) is 0 Å². The van der Waals surface area contributed by atoms with Gasteiger partial charge in [-0.15, -0.1) is 0 Å². The van der Waals surface area contributed by atoms with Crippen LogP contribution in [0.4, 0.5) is 0 Å². The third-order valence-corrected chi connectivity index (χ3v) is 5.37. The van der Waals surface area contributed by atoms with Gasteiger partial charge in [0.05, 0.1) is 0 Å². The quantitative estimate of drug-likeness (QED) is 0.812. The Morgan fingerprint density at radius 1 is 1.20 bits per heavy atom. The van der Waals surface area contributed by atoms with E-state index in [4.69, 9.17) is 5.73 Å². The number of rotatable bonds is 5. The van der Waals surface area contributed by atoms with Crippen molar-refractivity contribution in [1.82, 2.24) is 5.32 Å². The van der Waals surface area contributed by atoms with Crippen LogP contribution in [0.2, 0.25) is 0 Å². The molecule has 0 aliphatic heterocycles. The number of carbonyl (C=O) groups is 1. The molecule has 0 saturated heterocycles. The minimum atomic E-state index is -0.0786. The summed E-state index contributed by atoms with van der Waals surface area (Å²) >= 11 is 0. The fraction of sp³-hybridized carbons (Fsp3) is 0.941. The molecular formula is C17H32N2O. The molecule has 2 unspecified atom stereocenters. The second-order valence-electron chi connectivity index (χ2n) is 7.45. The molecule has 2 aliphatic rings. The van der Waals surface area contributed by atoms with Crippen LogP contribution in [0.1, 0.15) is 71.6 Å². The molecule has 1 amide bonds. The standard InChI is InChI=1S/C17H32N2O/c1-13(2)11-17(9-5-6-10-17)16(20)19-15-8-4-3-7-14(15)12-18/h13-15H,3-12,18H2,1-2H3,(H,19,20). The lowest BCUT2D eigenvalue weighted by Gasteiger charge is -2.36. The number of amides is 1. The second-order valence-corrected chi connectivity index (χ2v) is 7.45. The van der Waals surface area contributed by atoms with Crippen LogP contribution in [0.5, 0.6) is 0 Å². The molecule has 0 aromatic rings. The lowest BCUT2D eigenvalue weighted by atomic mass is 9.76. The molecule has 3 N–H and O–H groups in total. The Kier molecular flexibility index (Phi) is 5.48. The Labute approximate surface area is 124 Å². The lowest BCUT2D eigenvalue weighted by molar-refractivity contribution is -0.133. The van der Waals surface area contributed by atoms with Crippen LogP contribution >= 0.6 is 0 Å². The summed E-state index contributed by atoms with van der Waals surface area (Å²) in [5.74, 6) is 1.41. The van der Waals surface area contributed by atoms with Crippen molar-refractivity contribution in [2.24, 2.45) is 23.0 Å². The maximum atomic E-state index is 12.9. The zero-order valence-corrected chi connectivity index (χ0v) is 13.3. The van der Waals surface area contributed by atoms with Gasteiger partial charge in [0.15, 0.2) is 0 Å². The van der Waals surface area contributed by atoms with Gasteiger partial charge in [-0.2, -0.15) is 0 Å². The van der Waals surface area contributed by atoms with Crippen LogP contribution in [0.15, 0.2) is 0 Å². The van der Waals surface area contributed by atoms with Crippen LogP contribution in [-0.4, -0.2) is 18.5 Å². The first kappa shape index (κ1) is 15.8. The highest BCUT2D eigenvalue weighted by Gasteiger charge is 2.42. The Balaban J connectivity index is 2.00. The van der Waals surface area contributed by atoms with Crippen LogP contribution in [-0.2, 0) is 4.79 Å². The topological polar surface area (TPSA) is 55.1 Å². The zero-order valence-electron chi connectivity index (χ0n) is 13.3. The number of nitrogens with two attached hydrogens (primary N) is 1. The fourth-order valence-electron chi connectivity index (χ4n) is 4.36. The molecule has 116 valence electrons. The molecular weight excluding hydrogens is 248 g/mol. The minimum Gasteiger partial charge on any atom is -0.353 e. The summed E-state index contributed by atoms with van der Waals surface area (Å²) in [5, 5.41) is 3.39. The number of carbonyl (C=O) groups excluding carboxylic acids is 1. The molecule has 2 rings (SSSR count). The Hall–Kier alpha value is -0.570. The van der Waals surface area contributed by atoms with Crippen molar-refractivity contribution < 1.29 is 4.79 Å². The van der Waals surface area contributed by atoms with Gasteiger partial charge >= 0.3 is 0 Å². The van der Waals surface area contributed by atoms with Gasteiger partial charge in [-0.05, 0) is 50.5 Å². The Bertz CT molecular complexity index is 321. The molecule has 2 saturated carbocycles. The Morgan fingerprint density at radius 2 is 1.85 bits per heavy atom. The summed E-state index contributed by atoms with van der Waals surface area (Å²) in [6.07, 6.45) is 10.4. The van der Waals surface area contributed by atoms with Crippen LogP contribution < -0.4 is 11.1 Å². The summed E-state index contributed by atoms with van der Waals surface area (Å²) in [6, 6.07) is 0.325. The highest BCUT2D eigenvalue weighted by Crippen LogP contribution is 2.43. The average molecular weight is 280 g/mol. The molecule has 20 heavy (non-hydrogen) atoms. The zero-order chi connectivity index (χ0) is 14.6. The number of nitrogens with one attached hydrogen (secondary N) is 1. The molecule has 0 aromatic heterocycles. The predicted molar refractivity (Wildman–Crippen MR) is 83.3 cm³/mol. The van der Waals surface area contributed by atoms with Gasteiger partial charge in [0, 0.05) is 11.5 Å². The first-order valence-corrected chi connectivity index (χ1v) is 8.58. The van der Waals surface area contributed by atoms with E-state index in [1.165, 1.54) is 32.1 Å². The van der Waals surface area contributed by atoms with Crippen LogP contribution in [0, 0.1) is 17.3 Å². The van der Waals surface area contributed by atoms with Crippen molar-refractivity contribution in [2.45, 2.75) is 77.7 Å². The van der Waals surface area contributed by atoms with Crippen molar-refractivity contribution in [3.8, 4) is 0 Å². The molecule has 2 aliphatic carbocycles. The summed E-state index contributed by atoms with van der Waals surface area (Å²) in [5.41, 5.74) is 5.81. The smallest absolute Gasteiger partial charge is 0.226 e. The number of hydrogen-bond acceptors (Lipinski definition) is 2. The first-order chi connectivity index (χ1) is 9.57. The van der Waals surface area contributed by atoms with Gasteiger partial charge in [0.1, 0.15) is 0 Å². The second kappa shape index (κ2) is 6.93. The normalized spacial score (nSPS) is 29.6. The van der Waals surface area contributed by atoms with E-state index in [9.17, 15) is 4.79 Å². The predicted octanol–water partition coefficient (Wildman–Crippen LogP) is 3.23. The van der Waals surface area contributed by atoms with Gasteiger partial charge in [-0.25, -0.2) is 0 Å². The van der Waals surface area contributed by atoms with Crippen LogP contribution in [0.3, 0.4) is 0 Å². The molecule has 0 radical (unpaired) electrons. The van der Waals surface area contributed by atoms with E-state index in [2.05, 4.69) is 19.2 Å². The highest BCUT2D eigenvalue weighted by atomic mass is 16.2. The maximum Gasteiger partial charge on any atom is 0.226 e. The summed E-state index contributed by atoms with van der Waals surface area (Å²) in [7, 11) is 0.